The number of hydrogen-bond donors (Lipinski definition) is 2. The van der Waals surface area contributed by atoms with Crippen molar-refractivity contribution < 1.29 is 4.79 Å². The molecule has 0 heterocycles. The summed E-state index contributed by atoms with van der Waals surface area (Å²) in [5.41, 5.74) is 6.13. The van der Waals surface area contributed by atoms with E-state index in [0.29, 0.717) is 6.54 Å². The van der Waals surface area contributed by atoms with E-state index in [2.05, 4.69) is 22.3 Å². The molecule has 0 saturated carbocycles. The van der Waals surface area contributed by atoms with Gasteiger partial charge in [-0.1, -0.05) is 18.2 Å². The second-order valence-electron chi connectivity index (χ2n) is 3.40. The summed E-state index contributed by atoms with van der Waals surface area (Å²) < 4.78 is 0. The lowest BCUT2D eigenvalue weighted by Gasteiger charge is -2.18. The van der Waals surface area contributed by atoms with E-state index in [9.17, 15) is 4.79 Å². The summed E-state index contributed by atoms with van der Waals surface area (Å²) in [7, 11) is 2.03. The summed E-state index contributed by atoms with van der Waals surface area (Å²) in [5, 5.41) is 2.56. The Kier molecular flexibility index (Phi) is 4.47. The van der Waals surface area contributed by atoms with E-state index in [4.69, 9.17) is 5.73 Å². The first kappa shape index (κ1) is 11.4. The molecule has 0 aliphatic rings. The lowest BCUT2D eigenvalue weighted by atomic mass is 10.3. The highest BCUT2D eigenvalue weighted by Gasteiger charge is 1.99. The van der Waals surface area contributed by atoms with Crippen LogP contribution in [0.5, 0.6) is 0 Å². The van der Waals surface area contributed by atoms with Crippen LogP contribution in [0.3, 0.4) is 0 Å². The maximum absolute atomic E-state index is 10.4. The van der Waals surface area contributed by atoms with Gasteiger partial charge in [0.15, 0.2) is 0 Å². The molecule has 0 atom stereocenters. The van der Waals surface area contributed by atoms with Gasteiger partial charge in [-0.15, -0.1) is 0 Å². The van der Waals surface area contributed by atoms with Gasteiger partial charge in [0.1, 0.15) is 0 Å². The van der Waals surface area contributed by atoms with Gasteiger partial charge in [0.05, 0.1) is 0 Å². The summed E-state index contributed by atoms with van der Waals surface area (Å²) in [6, 6.07) is 9.66. The monoisotopic (exact) mass is 207 g/mol. The quantitative estimate of drug-likeness (QED) is 0.712. The van der Waals surface area contributed by atoms with E-state index in [1.807, 2.05) is 25.2 Å². The van der Waals surface area contributed by atoms with Crippen LogP contribution in [0.15, 0.2) is 30.3 Å². The van der Waals surface area contributed by atoms with Gasteiger partial charge in [0, 0.05) is 25.8 Å². The number of primary amides is 1. The van der Waals surface area contributed by atoms with E-state index in [0.717, 1.165) is 13.0 Å². The first-order chi connectivity index (χ1) is 7.20. The summed E-state index contributed by atoms with van der Waals surface area (Å²) >= 11 is 0. The molecule has 4 heteroatoms. The van der Waals surface area contributed by atoms with Crippen molar-refractivity contribution in [2.24, 2.45) is 5.73 Å². The maximum atomic E-state index is 10.4. The molecule has 0 bridgehead atoms. The predicted molar refractivity (Wildman–Crippen MR) is 61.9 cm³/mol. The molecule has 0 radical (unpaired) electrons. The Balaban J connectivity index is 2.25. The van der Waals surface area contributed by atoms with Crippen molar-refractivity contribution in [3.63, 3.8) is 0 Å². The third-order valence-electron chi connectivity index (χ3n) is 2.17. The second-order valence-corrected chi connectivity index (χ2v) is 3.40. The molecule has 4 nitrogen and oxygen atoms in total. The van der Waals surface area contributed by atoms with Gasteiger partial charge in [-0.3, -0.25) is 0 Å². The van der Waals surface area contributed by atoms with Crippen LogP contribution in [-0.2, 0) is 0 Å². The average Bonchev–Trinajstić information content (AvgIpc) is 2.25. The van der Waals surface area contributed by atoms with Crippen molar-refractivity contribution in [2.45, 2.75) is 6.42 Å². The molecule has 0 saturated heterocycles. The third-order valence-corrected chi connectivity index (χ3v) is 2.17. The number of anilines is 1. The Labute approximate surface area is 90.1 Å². The lowest BCUT2D eigenvalue weighted by molar-refractivity contribution is 0.249. The normalized spacial score (nSPS) is 9.67. The van der Waals surface area contributed by atoms with Crippen LogP contribution in [-0.4, -0.2) is 26.2 Å². The second kappa shape index (κ2) is 5.90. The average molecular weight is 207 g/mol. The first-order valence-electron chi connectivity index (χ1n) is 4.99. The number of rotatable bonds is 5. The molecule has 0 unspecified atom stereocenters. The standard InChI is InChI=1S/C11H17N3O/c1-14(9-5-8-13-11(12)15)10-6-3-2-4-7-10/h2-4,6-7H,5,8-9H2,1H3,(H3,12,13,15). The Morgan fingerprint density at radius 3 is 2.67 bits per heavy atom. The van der Waals surface area contributed by atoms with E-state index in [-0.39, 0.29) is 0 Å². The van der Waals surface area contributed by atoms with Crippen LogP contribution >= 0.6 is 0 Å². The van der Waals surface area contributed by atoms with E-state index < -0.39 is 6.03 Å². The molecule has 15 heavy (non-hydrogen) atoms. The van der Waals surface area contributed by atoms with Crippen molar-refractivity contribution in [3.8, 4) is 0 Å². The highest BCUT2D eigenvalue weighted by Crippen LogP contribution is 2.10. The maximum Gasteiger partial charge on any atom is 0.312 e. The largest absolute Gasteiger partial charge is 0.375 e. The number of nitrogens with one attached hydrogen (secondary N) is 1. The minimum Gasteiger partial charge on any atom is -0.375 e. The molecular formula is C11H17N3O. The highest BCUT2D eigenvalue weighted by molar-refractivity contribution is 5.71. The van der Waals surface area contributed by atoms with Gasteiger partial charge in [-0.2, -0.15) is 0 Å². The van der Waals surface area contributed by atoms with Crippen LogP contribution in [0.1, 0.15) is 6.42 Å². The summed E-state index contributed by atoms with van der Waals surface area (Å²) in [6.07, 6.45) is 0.883. The lowest BCUT2D eigenvalue weighted by Crippen LogP contribution is -2.32. The fourth-order valence-corrected chi connectivity index (χ4v) is 1.34. The van der Waals surface area contributed by atoms with Crippen LogP contribution in [0, 0.1) is 0 Å². The van der Waals surface area contributed by atoms with Crippen molar-refractivity contribution in [1.82, 2.24) is 5.32 Å². The summed E-state index contributed by atoms with van der Waals surface area (Å²) in [5.74, 6) is 0. The number of urea groups is 1. The number of para-hydroxylation sites is 1. The Morgan fingerprint density at radius 1 is 1.40 bits per heavy atom. The first-order valence-corrected chi connectivity index (χ1v) is 4.99. The molecule has 2 amide bonds. The Bertz CT molecular complexity index is 300. The molecule has 3 N–H and O–H groups in total. The van der Waals surface area contributed by atoms with Crippen LogP contribution in [0.25, 0.3) is 0 Å². The van der Waals surface area contributed by atoms with Crippen molar-refractivity contribution in [2.75, 3.05) is 25.0 Å². The molecule has 1 aromatic carbocycles. The molecule has 82 valence electrons. The number of carbonyl (C=O) groups excluding carboxylic acids is 1. The zero-order chi connectivity index (χ0) is 11.1. The highest BCUT2D eigenvalue weighted by atomic mass is 16.2. The van der Waals surface area contributed by atoms with Gasteiger partial charge < -0.3 is 16.0 Å². The molecule has 0 fully saturated rings. The predicted octanol–water partition coefficient (Wildman–Crippen LogP) is 1.18. The fourth-order valence-electron chi connectivity index (χ4n) is 1.34. The Morgan fingerprint density at radius 2 is 2.07 bits per heavy atom. The smallest absolute Gasteiger partial charge is 0.312 e. The molecule has 0 spiro atoms. The SMILES string of the molecule is CN(CCCNC(N)=O)c1ccccc1. The van der Waals surface area contributed by atoms with Crippen LogP contribution in [0.4, 0.5) is 10.5 Å². The topological polar surface area (TPSA) is 58.4 Å². The fraction of sp³-hybridized carbons (Fsp3) is 0.364. The minimum absolute atomic E-state index is 0.461. The molecule has 1 rings (SSSR count). The molecule has 0 aliphatic carbocycles. The van der Waals surface area contributed by atoms with Gasteiger partial charge in [0.2, 0.25) is 0 Å². The number of nitrogens with two attached hydrogens (primary N) is 1. The summed E-state index contributed by atoms with van der Waals surface area (Å²) in [6.45, 7) is 1.51. The van der Waals surface area contributed by atoms with Crippen LogP contribution in [0.2, 0.25) is 0 Å². The number of hydrogen-bond acceptors (Lipinski definition) is 2. The summed E-state index contributed by atoms with van der Waals surface area (Å²) in [4.78, 5) is 12.6. The Hall–Kier alpha value is -1.71. The molecular weight excluding hydrogens is 190 g/mol. The van der Waals surface area contributed by atoms with Gasteiger partial charge in [0.25, 0.3) is 0 Å². The molecule has 0 aliphatic heterocycles. The number of benzene rings is 1. The minimum atomic E-state index is -0.461. The zero-order valence-corrected chi connectivity index (χ0v) is 8.94. The van der Waals surface area contributed by atoms with Crippen molar-refractivity contribution in [3.05, 3.63) is 30.3 Å². The number of carbonyl (C=O) groups is 1. The van der Waals surface area contributed by atoms with Crippen molar-refractivity contribution in [1.29, 1.82) is 0 Å². The van der Waals surface area contributed by atoms with E-state index in [1.165, 1.54) is 5.69 Å². The van der Waals surface area contributed by atoms with Gasteiger partial charge >= 0.3 is 6.03 Å². The van der Waals surface area contributed by atoms with Crippen molar-refractivity contribution >= 4 is 11.7 Å². The number of amides is 2. The van der Waals surface area contributed by atoms with Crippen LogP contribution < -0.4 is 16.0 Å². The van der Waals surface area contributed by atoms with Gasteiger partial charge in [-0.05, 0) is 18.6 Å². The zero-order valence-electron chi connectivity index (χ0n) is 8.94. The molecule has 0 aromatic heterocycles. The van der Waals surface area contributed by atoms with E-state index in [1.54, 1.807) is 0 Å². The molecule has 1 aromatic rings. The van der Waals surface area contributed by atoms with Gasteiger partial charge in [-0.25, -0.2) is 4.79 Å². The third kappa shape index (κ3) is 4.35. The number of nitrogens with zero attached hydrogens (tertiary/aromatic N) is 1. The van der Waals surface area contributed by atoms with E-state index >= 15 is 0 Å².